The Hall–Kier alpha value is -3.45. The zero-order chi connectivity index (χ0) is 23.2. The third-order valence-corrected chi connectivity index (χ3v) is 8.23. The minimum atomic E-state index is -3.89. The van der Waals surface area contributed by atoms with Crippen LogP contribution in [0, 0.1) is 0 Å². The van der Waals surface area contributed by atoms with E-state index in [4.69, 9.17) is 0 Å². The second-order valence-corrected chi connectivity index (χ2v) is 10.4. The Bertz CT molecular complexity index is 1370. The summed E-state index contributed by atoms with van der Waals surface area (Å²) in [5.74, 6) is -0.641. The predicted molar refractivity (Wildman–Crippen MR) is 125 cm³/mol. The molecule has 168 valence electrons. The predicted octanol–water partition coefficient (Wildman–Crippen LogP) is 3.94. The fourth-order valence-corrected chi connectivity index (χ4v) is 6.35. The van der Waals surface area contributed by atoms with Gasteiger partial charge in [-0.25, -0.2) is 8.42 Å². The van der Waals surface area contributed by atoms with Crippen molar-refractivity contribution in [3.8, 4) is 0 Å². The van der Waals surface area contributed by atoms with Gasteiger partial charge >= 0.3 is 0 Å². The SMILES string of the molecule is CN(Cc1ccccc1N1CCCC1)C(=O)c1ccc2c(c1)S(=O)(=O)c1ccccc1C2=O. The Morgan fingerprint density at radius 2 is 1.58 bits per heavy atom. The lowest BCUT2D eigenvalue weighted by Crippen LogP contribution is -2.28. The number of rotatable bonds is 4. The quantitative estimate of drug-likeness (QED) is 0.461. The molecule has 0 saturated carbocycles. The summed E-state index contributed by atoms with van der Waals surface area (Å²) in [4.78, 5) is 29.9. The molecule has 33 heavy (non-hydrogen) atoms. The van der Waals surface area contributed by atoms with Crippen molar-refractivity contribution in [3.63, 3.8) is 0 Å². The average molecular weight is 461 g/mol. The van der Waals surface area contributed by atoms with Crippen molar-refractivity contribution in [1.82, 2.24) is 4.90 Å². The second kappa shape index (κ2) is 8.15. The normalized spacial score (nSPS) is 16.3. The number of benzene rings is 3. The van der Waals surface area contributed by atoms with Gasteiger partial charge in [0, 0.05) is 49.1 Å². The molecule has 0 spiro atoms. The highest BCUT2D eigenvalue weighted by atomic mass is 32.2. The Balaban J connectivity index is 1.45. The van der Waals surface area contributed by atoms with E-state index in [1.165, 1.54) is 30.3 Å². The summed E-state index contributed by atoms with van der Waals surface area (Å²) in [5, 5.41) is 0. The number of sulfone groups is 1. The van der Waals surface area contributed by atoms with Gasteiger partial charge in [0.1, 0.15) is 0 Å². The zero-order valence-electron chi connectivity index (χ0n) is 18.3. The first-order chi connectivity index (χ1) is 15.9. The maximum atomic E-state index is 13.2. The summed E-state index contributed by atoms with van der Waals surface area (Å²) in [7, 11) is -2.19. The van der Waals surface area contributed by atoms with Crippen LogP contribution in [0.15, 0.2) is 76.5 Å². The first-order valence-corrected chi connectivity index (χ1v) is 12.5. The molecular weight excluding hydrogens is 436 g/mol. The van der Waals surface area contributed by atoms with Crippen LogP contribution in [0.1, 0.15) is 44.7 Å². The fraction of sp³-hybridized carbons (Fsp3) is 0.231. The van der Waals surface area contributed by atoms with Crippen LogP contribution in [-0.4, -0.2) is 45.1 Å². The lowest BCUT2D eigenvalue weighted by molar-refractivity contribution is 0.0784. The first-order valence-electron chi connectivity index (χ1n) is 11.0. The molecule has 0 aromatic heterocycles. The van der Waals surface area contributed by atoms with Crippen molar-refractivity contribution in [3.05, 3.63) is 89.0 Å². The van der Waals surface area contributed by atoms with Crippen LogP contribution in [0.2, 0.25) is 0 Å². The highest BCUT2D eigenvalue weighted by Crippen LogP contribution is 2.35. The van der Waals surface area contributed by atoms with Crippen LogP contribution in [0.3, 0.4) is 0 Å². The van der Waals surface area contributed by atoms with E-state index in [0.29, 0.717) is 6.54 Å². The van der Waals surface area contributed by atoms with E-state index in [1.54, 1.807) is 24.1 Å². The standard InChI is InChI=1S/C26H24N2O4S/c1-27(17-19-8-2-4-10-22(19)28-14-6-7-15-28)26(30)18-12-13-21-24(16-18)33(31,32)23-11-5-3-9-20(23)25(21)29/h2-5,8-13,16H,6-7,14-15,17H2,1H3. The molecule has 2 aliphatic heterocycles. The van der Waals surface area contributed by atoms with Crippen molar-refractivity contribution in [2.24, 2.45) is 0 Å². The molecule has 0 N–H and O–H groups in total. The van der Waals surface area contributed by atoms with Gasteiger partial charge in [-0.05, 0) is 54.8 Å². The number of nitrogens with zero attached hydrogens (tertiary/aromatic N) is 2. The molecule has 0 aliphatic carbocycles. The van der Waals surface area contributed by atoms with Crippen molar-refractivity contribution in [2.45, 2.75) is 29.2 Å². The Morgan fingerprint density at radius 3 is 2.36 bits per heavy atom. The van der Waals surface area contributed by atoms with E-state index in [-0.39, 0.29) is 38.2 Å². The number of carbonyl (C=O) groups is 2. The highest BCUT2D eigenvalue weighted by Gasteiger charge is 2.35. The summed E-state index contributed by atoms with van der Waals surface area (Å²) < 4.78 is 26.4. The van der Waals surface area contributed by atoms with E-state index in [1.807, 2.05) is 18.2 Å². The summed E-state index contributed by atoms with van der Waals surface area (Å²) in [6.07, 6.45) is 2.32. The molecule has 0 atom stereocenters. The van der Waals surface area contributed by atoms with Gasteiger partial charge in [0.15, 0.2) is 5.78 Å². The lowest BCUT2D eigenvalue weighted by Gasteiger charge is -2.25. The van der Waals surface area contributed by atoms with Crippen LogP contribution in [0.5, 0.6) is 0 Å². The van der Waals surface area contributed by atoms with Crippen molar-refractivity contribution in [2.75, 3.05) is 25.0 Å². The minimum Gasteiger partial charge on any atom is -0.371 e. The molecule has 7 heteroatoms. The molecule has 0 radical (unpaired) electrons. The first kappa shape index (κ1) is 21.4. The van der Waals surface area contributed by atoms with E-state index in [0.717, 1.165) is 37.2 Å². The Labute approximate surface area is 193 Å². The molecule has 2 heterocycles. The largest absolute Gasteiger partial charge is 0.371 e. The molecule has 1 saturated heterocycles. The van der Waals surface area contributed by atoms with Crippen molar-refractivity contribution in [1.29, 1.82) is 0 Å². The molecule has 0 unspecified atom stereocenters. The second-order valence-electron chi connectivity index (χ2n) is 8.52. The molecule has 2 aliphatic rings. The third-order valence-electron chi connectivity index (χ3n) is 6.38. The van der Waals surface area contributed by atoms with Crippen LogP contribution in [-0.2, 0) is 16.4 Å². The summed E-state index contributed by atoms with van der Waals surface area (Å²) in [5.41, 5.74) is 2.69. The average Bonchev–Trinajstić information content (AvgIpc) is 3.37. The fourth-order valence-electron chi connectivity index (χ4n) is 4.68. The van der Waals surface area contributed by atoms with Crippen molar-refractivity contribution < 1.29 is 18.0 Å². The van der Waals surface area contributed by atoms with Gasteiger partial charge in [0.2, 0.25) is 9.84 Å². The van der Waals surface area contributed by atoms with Gasteiger partial charge in [-0.3, -0.25) is 9.59 Å². The van der Waals surface area contributed by atoms with Crippen LogP contribution in [0.4, 0.5) is 5.69 Å². The molecule has 3 aromatic carbocycles. The van der Waals surface area contributed by atoms with Crippen LogP contribution < -0.4 is 4.90 Å². The topological polar surface area (TPSA) is 74.8 Å². The smallest absolute Gasteiger partial charge is 0.253 e. The number of hydrogen-bond acceptors (Lipinski definition) is 5. The van der Waals surface area contributed by atoms with Gasteiger partial charge in [-0.2, -0.15) is 0 Å². The Kier molecular flexibility index (Phi) is 5.29. The number of anilines is 1. The van der Waals surface area contributed by atoms with Gasteiger partial charge in [0.05, 0.1) is 9.79 Å². The zero-order valence-corrected chi connectivity index (χ0v) is 19.1. The lowest BCUT2D eigenvalue weighted by atomic mass is 10.0. The molecule has 6 nitrogen and oxygen atoms in total. The van der Waals surface area contributed by atoms with E-state index >= 15 is 0 Å². The molecule has 0 bridgehead atoms. The van der Waals surface area contributed by atoms with E-state index in [9.17, 15) is 18.0 Å². The summed E-state index contributed by atoms with van der Waals surface area (Å²) in [6.45, 7) is 2.41. The van der Waals surface area contributed by atoms with Gasteiger partial charge in [0.25, 0.3) is 5.91 Å². The maximum Gasteiger partial charge on any atom is 0.253 e. The van der Waals surface area contributed by atoms with Crippen molar-refractivity contribution >= 4 is 27.2 Å². The number of fused-ring (bicyclic) bond motifs is 2. The molecule has 5 rings (SSSR count). The van der Waals surface area contributed by atoms with Crippen LogP contribution >= 0.6 is 0 Å². The third kappa shape index (κ3) is 3.62. The van der Waals surface area contributed by atoms with E-state index < -0.39 is 9.84 Å². The molecule has 3 aromatic rings. The number of carbonyl (C=O) groups excluding carboxylic acids is 2. The van der Waals surface area contributed by atoms with Crippen LogP contribution in [0.25, 0.3) is 0 Å². The number of amides is 1. The van der Waals surface area contributed by atoms with Gasteiger partial charge < -0.3 is 9.80 Å². The summed E-state index contributed by atoms with van der Waals surface area (Å²) >= 11 is 0. The molecule has 1 amide bonds. The highest BCUT2D eigenvalue weighted by molar-refractivity contribution is 7.91. The monoisotopic (exact) mass is 460 g/mol. The number of ketones is 1. The van der Waals surface area contributed by atoms with E-state index in [2.05, 4.69) is 11.0 Å². The van der Waals surface area contributed by atoms with Gasteiger partial charge in [-0.1, -0.05) is 30.3 Å². The number of para-hydroxylation sites is 1. The summed E-state index contributed by atoms with van der Waals surface area (Å²) in [6, 6.07) is 18.6. The maximum absolute atomic E-state index is 13.2. The molecule has 1 fully saturated rings. The Morgan fingerprint density at radius 1 is 0.909 bits per heavy atom. The number of hydrogen-bond donors (Lipinski definition) is 0. The van der Waals surface area contributed by atoms with Gasteiger partial charge in [-0.15, -0.1) is 0 Å². The molecular formula is C26H24N2O4S. The minimum absolute atomic E-state index is 0.0139.